The fraction of sp³-hybridized carbons (Fsp3) is 0.188. The standard InChI is InChI=1S/C16H16N2O.ClH/c1-2-6-13(7-3-1)12-18-16-14-8-4-5-9-15(14)19-11-10-17-16;/h1-9H,10-12H2,(H,17,18);1H. The maximum Gasteiger partial charge on any atom is 0.132 e. The van der Waals surface area contributed by atoms with Gasteiger partial charge in [-0.15, -0.1) is 12.4 Å². The number of nitrogens with one attached hydrogen (secondary N) is 1. The molecule has 1 aliphatic rings. The van der Waals surface area contributed by atoms with Gasteiger partial charge in [-0.2, -0.15) is 0 Å². The van der Waals surface area contributed by atoms with Crippen molar-refractivity contribution in [2.75, 3.05) is 13.2 Å². The predicted molar refractivity (Wildman–Crippen MR) is 83.9 cm³/mol. The van der Waals surface area contributed by atoms with Crippen molar-refractivity contribution in [2.24, 2.45) is 4.99 Å². The van der Waals surface area contributed by atoms with E-state index in [4.69, 9.17) is 4.74 Å². The van der Waals surface area contributed by atoms with Crippen molar-refractivity contribution >= 4 is 18.2 Å². The zero-order chi connectivity index (χ0) is 12.9. The molecule has 1 aliphatic heterocycles. The first-order valence-electron chi connectivity index (χ1n) is 6.48. The molecule has 0 fully saturated rings. The van der Waals surface area contributed by atoms with E-state index in [9.17, 15) is 0 Å². The molecule has 0 aromatic heterocycles. The van der Waals surface area contributed by atoms with Crippen molar-refractivity contribution in [3.63, 3.8) is 0 Å². The molecule has 20 heavy (non-hydrogen) atoms. The molecule has 0 radical (unpaired) electrons. The third-order valence-electron chi connectivity index (χ3n) is 3.06. The highest BCUT2D eigenvalue weighted by molar-refractivity contribution is 6.01. The molecule has 4 heteroatoms. The molecule has 2 aromatic carbocycles. The lowest BCUT2D eigenvalue weighted by molar-refractivity contribution is 0.331. The molecular formula is C16H17ClN2O. The van der Waals surface area contributed by atoms with Crippen LogP contribution < -0.4 is 10.1 Å². The van der Waals surface area contributed by atoms with Gasteiger partial charge in [-0.3, -0.25) is 4.99 Å². The Morgan fingerprint density at radius 1 is 1.00 bits per heavy atom. The molecule has 0 saturated heterocycles. The highest BCUT2D eigenvalue weighted by atomic mass is 35.5. The van der Waals surface area contributed by atoms with Gasteiger partial charge in [0.25, 0.3) is 0 Å². The lowest BCUT2D eigenvalue weighted by Gasteiger charge is -2.11. The van der Waals surface area contributed by atoms with Crippen LogP contribution in [0.4, 0.5) is 0 Å². The van der Waals surface area contributed by atoms with E-state index in [0.717, 1.165) is 23.7 Å². The molecule has 0 bridgehead atoms. The van der Waals surface area contributed by atoms with E-state index in [1.54, 1.807) is 0 Å². The van der Waals surface area contributed by atoms with Gasteiger partial charge in [-0.1, -0.05) is 42.5 Å². The number of rotatable bonds is 2. The molecule has 3 rings (SSSR count). The van der Waals surface area contributed by atoms with Crippen molar-refractivity contribution < 1.29 is 4.74 Å². The summed E-state index contributed by atoms with van der Waals surface area (Å²) in [6.45, 7) is 2.09. The predicted octanol–water partition coefficient (Wildman–Crippen LogP) is 3.04. The van der Waals surface area contributed by atoms with E-state index in [-0.39, 0.29) is 12.4 Å². The van der Waals surface area contributed by atoms with Gasteiger partial charge in [0.1, 0.15) is 18.2 Å². The Morgan fingerprint density at radius 3 is 2.60 bits per heavy atom. The first-order valence-corrected chi connectivity index (χ1v) is 6.48. The van der Waals surface area contributed by atoms with Crippen LogP contribution in [0.5, 0.6) is 5.75 Å². The van der Waals surface area contributed by atoms with E-state index >= 15 is 0 Å². The molecule has 3 nitrogen and oxygen atoms in total. The highest BCUT2D eigenvalue weighted by Gasteiger charge is 2.12. The zero-order valence-electron chi connectivity index (χ0n) is 11.1. The van der Waals surface area contributed by atoms with Crippen molar-refractivity contribution in [2.45, 2.75) is 6.54 Å². The third-order valence-corrected chi connectivity index (χ3v) is 3.06. The fourth-order valence-corrected chi connectivity index (χ4v) is 2.12. The SMILES string of the molecule is Cl.c1ccc(CNC2=NCCOc3ccccc32)cc1. The van der Waals surface area contributed by atoms with E-state index in [1.165, 1.54) is 5.56 Å². The number of ether oxygens (including phenoxy) is 1. The maximum atomic E-state index is 5.68. The van der Waals surface area contributed by atoms with Gasteiger partial charge in [0.05, 0.1) is 12.1 Å². The normalized spacial score (nSPS) is 13.1. The number of hydrogen-bond acceptors (Lipinski definition) is 3. The van der Waals surface area contributed by atoms with Crippen LogP contribution in [0, 0.1) is 0 Å². The van der Waals surface area contributed by atoms with Gasteiger partial charge in [0.15, 0.2) is 0 Å². The minimum Gasteiger partial charge on any atom is -0.491 e. The summed E-state index contributed by atoms with van der Waals surface area (Å²) in [5.74, 6) is 1.82. The summed E-state index contributed by atoms with van der Waals surface area (Å²) in [7, 11) is 0. The number of amidine groups is 1. The summed E-state index contributed by atoms with van der Waals surface area (Å²) in [6.07, 6.45) is 0. The molecule has 0 atom stereocenters. The smallest absolute Gasteiger partial charge is 0.132 e. The number of para-hydroxylation sites is 1. The van der Waals surface area contributed by atoms with E-state index in [1.807, 2.05) is 42.5 Å². The topological polar surface area (TPSA) is 33.6 Å². The number of halogens is 1. The second-order valence-corrected chi connectivity index (χ2v) is 4.41. The van der Waals surface area contributed by atoms with Crippen molar-refractivity contribution in [1.29, 1.82) is 0 Å². The van der Waals surface area contributed by atoms with Crippen LogP contribution in [0.3, 0.4) is 0 Å². The molecule has 0 unspecified atom stereocenters. The molecule has 0 saturated carbocycles. The molecular weight excluding hydrogens is 272 g/mol. The molecule has 104 valence electrons. The Hall–Kier alpha value is -2.00. The van der Waals surface area contributed by atoms with Crippen LogP contribution in [-0.2, 0) is 6.54 Å². The molecule has 0 spiro atoms. The molecule has 1 heterocycles. The van der Waals surface area contributed by atoms with Crippen LogP contribution in [0.1, 0.15) is 11.1 Å². The Kier molecular flexibility index (Phi) is 5.02. The van der Waals surface area contributed by atoms with E-state index in [2.05, 4.69) is 22.4 Å². The van der Waals surface area contributed by atoms with Crippen molar-refractivity contribution in [1.82, 2.24) is 5.32 Å². The Balaban J connectivity index is 0.00000147. The van der Waals surface area contributed by atoms with Crippen molar-refractivity contribution in [3.05, 3.63) is 65.7 Å². The Bertz CT molecular complexity index is 584. The number of benzene rings is 2. The average molecular weight is 289 g/mol. The van der Waals surface area contributed by atoms with Gasteiger partial charge in [-0.25, -0.2) is 0 Å². The third kappa shape index (κ3) is 3.31. The monoisotopic (exact) mass is 288 g/mol. The quantitative estimate of drug-likeness (QED) is 0.921. The molecule has 0 aliphatic carbocycles. The first-order chi connectivity index (χ1) is 9.43. The summed E-state index contributed by atoms with van der Waals surface area (Å²) in [6, 6.07) is 18.3. The second kappa shape index (κ2) is 6.96. The molecule has 0 amide bonds. The minimum absolute atomic E-state index is 0. The summed E-state index contributed by atoms with van der Waals surface area (Å²) in [5, 5.41) is 3.40. The lowest BCUT2D eigenvalue weighted by atomic mass is 10.1. The number of fused-ring (bicyclic) bond motifs is 1. The highest BCUT2D eigenvalue weighted by Crippen LogP contribution is 2.20. The summed E-state index contributed by atoms with van der Waals surface area (Å²) < 4.78 is 5.68. The van der Waals surface area contributed by atoms with E-state index < -0.39 is 0 Å². The van der Waals surface area contributed by atoms with Crippen LogP contribution >= 0.6 is 12.4 Å². The summed E-state index contributed by atoms with van der Waals surface area (Å²) in [4.78, 5) is 4.56. The fourth-order valence-electron chi connectivity index (χ4n) is 2.12. The van der Waals surface area contributed by atoms with Crippen molar-refractivity contribution in [3.8, 4) is 5.75 Å². The minimum atomic E-state index is 0. The van der Waals surface area contributed by atoms with Gasteiger partial charge in [0, 0.05) is 6.54 Å². The van der Waals surface area contributed by atoms with Gasteiger partial charge in [0.2, 0.25) is 0 Å². The number of aliphatic imine (C=N–C) groups is 1. The Morgan fingerprint density at radius 2 is 1.75 bits per heavy atom. The largest absolute Gasteiger partial charge is 0.491 e. The first kappa shape index (κ1) is 14.4. The van der Waals surface area contributed by atoms with E-state index in [0.29, 0.717) is 13.2 Å². The summed E-state index contributed by atoms with van der Waals surface area (Å²) in [5.41, 5.74) is 2.28. The average Bonchev–Trinajstić information content (AvgIpc) is 2.68. The molecule has 1 N–H and O–H groups in total. The second-order valence-electron chi connectivity index (χ2n) is 4.41. The molecule has 2 aromatic rings. The number of nitrogens with zero attached hydrogens (tertiary/aromatic N) is 1. The van der Waals surface area contributed by atoms with Crippen LogP contribution in [0.2, 0.25) is 0 Å². The maximum absolute atomic E-state index is 5.68. The lowest BCUT2D eigenvalue weighted by Crippen LogP contribution is -2.24. The van der Waals surface area contributed by atoms with Gasteiger partial charge in [-0.05, 0) is 17.7 Å². The number of hydrogen-bond donors (Lipinski definition) is 1. The van der Waals surface area contributed by atoms with Crippen LogP contribution in [-0.4, -0.2) is 19.0 Å². The Labute approximate surface area is 125 Å². The van der Waals surface area contributed by atoms with Gasteiger partial charge >= 0.3 is 0 Å². The van der Waals surface area contributed by atoms with Crippen LogP contribution in [0.15, 0.2) is 59.6 Å². The summed E-state index contributed by atoms with van der Waals surface area (Å²) >= 11 is 0. The van der Waals surface area contributed by atoms with Gasteiger partial charge < -0.3 is 10.1 Å². The van der Waals surface area contributed by atoms with Crippen LogP contribution in [0.25, 0.3) is 0 Å². The zero-order valence-corrected chi connectivity index (χ0v) is 11.9.